The fourth-order valence-corrected chi connectivity index (χ4v) is 6.02. The molecule has 206 valence electrons. The van der Waals surface area contributed by atoms with E-state index in [0.717, 1.165) is 24.1 Å². The standard InChI is InChI=1S/C30H30F2N6O2/c1-16-19-4-2-3-5-20(19)23(32)13-37(16)30(40)26-11-27(17-6-7-17)38-29(34-26)12-25(35-38)21-9-8-18(10-22(21)31)36-14-24(33)28(39)15-36/h2-5,8-12,16-17,23-24,28,39H,6-7,13-15,33H2,1H3/t16-,23+,24-,28-/m1/s1. The summed E-state index contributed by atoms with van der Waals surface area (Å²) >= 11 is 0. The van der Waals surface area contributed by atoms with Gasteiger partial charge in [0.05, 0.1) is 24.4 Å². The van der Waals surface area contributed by atoms with Gasteiger partial charge in [-0.25, -0.2) is 18.3 Å². The molecule has 1 aliphatic carbocycles. The zero-order valence-electron chi connectivity index (χ0n) is 22.0. The number of aromatic nitrogens is 3. The smallest absolute Gasteiger partial charge is 0.273 e. The fourth-order valence-electron chi connectivity index (χ4n) is 6.02. The summed E-state index contributed by atoms with van der Waals surface area (Å²) in [5.74, 6) is -0.551. The van der Waals surface area contributed by atoms with Crippen LogP contribution in [-0.4, -0.2) is 62.3 Å². The van der Waals surface area contributed by atoms with Gasteiger partial charge in [-0.05, 0) is 55.2 Å². The van der Waals surface area contributed by atoms with Crippen molar-refractivity contribution in [3.05, 3.63) is 82.9 Å². The molecule has 0 unspecified atom stereocenters. The molecular weight excluding hydrogens is 514 g/mol. The number of fused-ring (bicyclic) bond motifs is 2. The van der Waals surface area contributed by atoms with Gasteiger partial charge in [0.1, 0.15) is 17.7 Å². The molecular formula is C30H30F2N6O2. The first-order valence-electron chi connectivity index (χ1n) is 13.7. The highest BCUT2D eigenvalue weighted by molar-refractivity contribution is 5.93. The summed E-state index contributed by atoms with van der Waals surface area (Å²) < 4.78 is 32.1. The summed E-state index contributed by atoms with van der Waals surface area (Å²) in [6.07, 6.45) is 0.0162. The lowest BCUT2D eigenvalue weighted by Gasteiger charge is -2.36. The Hall–Kier alpha value is -3.89. The highest BCUT2D eigenvalue weighted by atomic mass is 19.1. The van der Waals surface area contributed by atoms with Gasteiger partial charge in [-0.3, -0.25) is 4.79 Å². The van der Waals surface area contributed by atoms with Crippen LogP contribution in [0.5, 0.6) is 0 Å². The summed E-state index contributed by atoms with van der Waals surface area (Å²) in [7, 11) is 0. The van der Waals surface area contributed by atoms with Gasteiger partial charge < -0.3 is 20.6 Å². The molecule has 4 heterocycles. The summed E-state index contributed by atoms with van der Waals surface area (Å²) in [6.45, 7) is 2.67. The Morgan fingerprint density at radius 1 is 1.05 bits per heavy atom. The maximum atomic E-state index is 15.3. The Balaban J connectivity index is 1.23. The van der Waals surface area contributed by atoms with Crippen molar-refractivity contribution < 1.29 is 18.7 Å². The number of halogens is 2. The van der Waals surface area contributed by atoms with Gasteiger partial charge in [0.15, 0.2) is 5.65 Å². The Kier molecular flexibility index (Phi) is 5.87. The van der Waals surface area contributed by atoms with Crippen molar-refractivity contribution in [3.8, 4) is 11.3 Å². The monoisotopic (exact) mass is 544 g/mol. The maximum absolute atomic E-state index is 15.3. The second-order valence-corrected chi connectivity index (χ2v) is 11.2. The molecule has 1 saturated heterocycles. The molecule has 4 aromatic rings. The highest BCUT2D eigenvalue weighted by Crippen LogP contribution is 2.42. The van der Waals surface area contributed by atoms with E-state index < -0.39 is 18.1 Å². The van der Waals surface area contributed by atoms with E-state index in [1.54, 1.807) is 39.7 Å². The third-order valence-corrected chi connectivity index (χ3v) is 8.47. The van der Waals surface area contributed by atoms with Crippen LogP contribution in [0.2, 0.25) is 0 Å². The molecule has 3 N–H and O–H groups in total. The number of aliphatic hydroxyl groups is 1. The number of nitrogens with two attached hydrogens (primary N) is 1. The van der Waals surface area contributed by atoms with E-state index in [0.29, 0.717) is 41.2 Å². The van der Waals surface area contributed by atoms with Crippen molar-refractivity contribution >= 4 is 17.2 Å². The third kappa shape index (κ3) is 4.13. The van der Waals surface area contributed by atoms with Crippen LogP contribution in [0.15, 0.2) is 54.6 Å². The SMILES string of the molecule is C[C@@H]1c2ccccc2[C@@H](F)CN1C(=O)c1cc(C2CC2)n2nc(-c3ccc(N4C[C@@H](N)[C@H](O)C4)cc3F)cc2n1. The van der Waals surface area contributed by atoms with Gasteiger partial charge in [-0.15, -0.1) is 0 Å². The van der Waals surface area contributed by atoms with Crippen molar-refractivity contribution in [3.63, 3.8) is 0 Å². The second-order valence-electron chi connectivity index (χ2n) is 11.2. The van der Waals surface area contributed by atoms with Crippen molar-refractivity contribution in [2.75, 3.05) is 24.5 Å². The predicted octanol–water partition coefficient (Wildman–Crippen LogP) is 4.15. The molecule has 1 saturated carbocycles. The van der Waals surface area contributed by atoms with Crippen LogP contribution in [0.4, 0.5) is 14.5 Å². The number of β-amino-alcohol motifs (C(OH)–C–C–N with tert-alkyl or cyclic N) is 1. The molecule has 2 aliphatic heterocycles. The summed E-state index contributed by atoms with van der Waals surface area (Å²) in [5.41, 5.74) is 10.2. The number of benzene rings is 2. The van der Waals surface area contributed by atoms with Crippen LogP contribution < -0.4 is 10.6 Å². The van der Waals surface area contributed by atoms with Gasteiger partial charge in [-0.1, -0.05) is 24.3 Å². The molecule has 40 heavy (non-hydrogen) atoms. The largest absolute Gasteiger partial charge is 0.390 e. The average Bonchev–Trinajstić information content (AvgIpc) is 3.62. The number of rotatable bonds is 4. The van der Waals surface area contributed by atoms with E-state index in [4.69, 9.17) is 5.73 Å². The molecule has 2 aromatic carbocycles. The molecule has 10 heteroatoms. The lowest BCUT2D eigenvalue weighted by molar-refractivity contribution is 0.0585. The Morgan fingerprint density at radius 3 is 2.52 bits per heavy atom. The number of anilines is 1. The third-order valence-electron chi connectivity index (χ3n) is 8.47. The topological polar surface area (TPSA) is 100.0 Å². The first kappa shape index (κ1) is 25.1. The van der Waals surface area contributed by atoms with Gasteiger partial charge >= 0.3 is 0 Å². The number of nitrogens with zero attached hydrogens (tertiary/aromatic N) is 5. The first-order chi connectivity index (χ1) is 19.3. The Morgan fingerprint density at radius 2 is 1.82 bits per heavy atom. The van der Waals surface area contributed by atoms with E-state index in [2.05, 4.69) is 10.1 Å². The zero-order chi connectivity index (χ0) is 27.7. The molecule has 4 atom stereocenters. The number of alkyl halides is 1. The van der Waals surface area contributed by atoms with E-state index >= 15 is 8.78 Å². The molecule has 7 rings (SSSR count). The first-order valence-corrected chi connectivity index (χ1v) is 13.7. The van der Waals surface area contributed by atoms with Gasteiger partial charge in [0.2, 0.25) is 0 Å². The minimum Gasteiger partial charge on any atom is -0.390 e. The summed E-state index contributed by atoms with van der Waals surface area (Å²) in [6, 6.07) is 15.0. The van der Waals surface area contributed by atoms with Gasteiger partial charge in [0.25, 0.3) is 5.91 Å². The number of hydrogen-bond acceptors (Lipinski definition) is 6. The van der Waals surface area contributed by atoms with Crippen LogP contribution in [0.25, 0.3) is 16.9 Å². The molecule has 0 radical (unpaired) electrons. The normalized spacial score (nSPS) is 24.5. The fraction of sp³-hybridized carbons (Fsp3) is 0.367. The van der Waals surface area contributed by atoms with Crippen LogP contribution in [0.3, 0.4) is 0 Å². The average molecular weight is 545 g/mol. The number of carbonyl (C=O) groups is 1. The Labute approximate surface area is 230 Å². The number of amides is 1. The van der Waals surface area contributed by atoms with Gasteiger partial charge in [-0.2, -0.15) is 5.10 Å². The lowest BCUT2D eigenvalue weighted by atomic mass is 9.92. The molecule has 2 aromatic heterocycles. The maximum Gasteiger partial charge on any atom is 0.273 e. The second kappa shape index (κ2) is 9.35. The van der Waals surface area contributed by atoms with Crippen LogP contribution in [-0.2, 0) is 0 Å². The van der Waals surface area contributed by atoms with Crippen molar-refractivity contribution in [2.24, 2.45) is 5.73 Å². The molecule has 1 amide bonds. The number of hydrogen-bond donors (Lipinski definition) is 2. The molecule has 0 bridgehead atoms. The summed E-state index contributed by atoms with van der Waals surface area (Å²) in [4.78, 5) is 21.7. The highest BCUT2D eigenvalue weighted by Gasteiger charge is 2.36. The van der Waals surface area contributed by atoms with Crippen molar-refractivity contribution in [1.82, 2.24) is 19.5 Å². The minimum atomic E-state index is -1.27. The van der Waals surface area contributed by atoms with E-state index in [1.807, 2.05) is 30.0 Å². The lowest BCUT2D eigenvalue weighted by Crippen LogP contribution is -2.40. The minimum absolute atomic E-state index is 0.0380. The van der Waals surface area contributed by atoms with Gasteiger partial charge in [0, 0.05) is 48.1 Å². The zero-order valence-corrected chi connectivity index (χ0v) is 22.0. The van der Waals surface area contributed by atoms with E-state index in [-0.39, 0.29) is 36.1 Å². The van der Waals surface area contributed by atoms with E-state index in [1.165, 1.54) is 6.07 Å². The van der Waals surface area contributed by atoms with Crippen LogP contribution >= 0.6 is 0 Å². The van der Waals surface area contributed by atoms with Crippen LogP contribution in [0.1, 0.15) is 65.2 Å². The molecule has 2 fully saturated rings. The summed E-state index contributed by atoms with van der Waals surface area (Å²) in [5, 5.41) is 14.7. The Bertz CT molecular complexity index is 1630. The quantitative estimate of drug-likeness (QED) is 0.401. The van der Waals surface area contributed by atoms with Crippen LogP contribution in [0, 0.1) is 5.82 Å². The number of aliphatic hydroxyl groups excluding tert-OH is 1. The van der Waals surface area contributed by atoms with Crippen molar-refractivity contribution in [2.45, 2.75) is 50.0 Å². The molecule has 0 spiro atoms. The molecule has 8 nitrogen and oxygen atoms in total. The number of carbonyl (C=O) groups excluding carboxylic acids is 1. The van der Waals surface area contributed by atoms with Crippen molar-refractivity contribution in [1.29, 1.82) is 0 Å². The molecule has 3 aliphatic rings. The predicted molar refractivity (Wildman–Crippen MR) is 146 cm³/mol. The van der Waals surface area contributed by atoms with E-state index in [9.17, 15) is 9.90 Å².